The zero-order valence-corrected chi connectivity index (χ0v) is 9.66. The van der Waals surface area contributed by atoms with E-state index in [0.29, 0.717) is 19.3 Å². The summed E-state index contributed by atoms with van der Waals surface area (Å²) in [6.45, 7) is 5.57. The van der Waals surface area contributed by atoms with Gasteiger partial charge in [-0.25, -0.2) is 5.06 Å². The van der Waals surface area contributed by atoms with Crippen LogP contribution in [0.15, 0.2) is 0 Å². The van der Waals surface area contributed by atoms with Gasteiger partial charge in [0.2, 0.25) is 6.41 Å². The van der Waals surface area contributed by atoms with Crippen LogP contribution in [0.5, 0.6) is 0 Å². The number of hydroxylamine groups is 2. The Morgan fingerprint density at radius 1 is 1.20 bits per heavy atom. The van der Waals surface area contributed by atoms with Crippen molar-refractivity contribution in [2.45, 2.75) is 57.6 Å². The monoisotopic (exact) mass is 213 g/mol. The van der Waals surface area contributed by atoms with E-state index in [1.807, 2.05) is 20.8 Å². The SMILES string of the molecule is CC(C)(C)ON(C=O)C1(C=O)CCCC1. The van der Waals surface area contributed by atoms with Gasteiger partial charge in [-0.1, -0.05) is 12.8 Å². The molecule has 1 saturated carbocycles. The fourth-order valence-electron chi connectivity index (χ4n) is 1.89. The molecule has 0 unspecified atom stereocenters. The molecule has 15 heavy (non-hydrogen) atoms. The fraction of sp³-hybridized carbons (Fsp3) is 0.818. The number of carbonyl (C=O) groups is 2. The van der Waals surface area contributed by atoms with Gasteiger partial charge in [0.05, 0.1) is 5.60 Å². The zero-order chi connectivity index (χ0) is 11.5. The molecular formula is C11H19NO3. The highest BCUT2D eigenvalue weighted by molar-refractivity contribution is 5.69. The number of aldehydes is 1. The summed E-state index contributed by atoms with van der Waals surface area (Å²) in [6, 6.07) is 0. The van der Waals surface area contributed by atoms with Crippen LogP contribution in [0.4, 0.5) is 0 Å². The van der Waals surface area contributed by atoms with Gasteiger partial charge < -0.3 is 4.79 Å². The molecular weight excluding hydrogens is 194 g/mol. The Labute approximate surface area is 90.5 Å². The van der Waals surface area contributed by atoms with Crippen molar-refractivity contribution in [2.75, 3.05) is 0 Å². The van der Waals surface area contributed by atoms with Crippen LogP contribution in [0.3, 0.4) is 0 Å². The summed E-state index contributed by atoms with van der Waals surface area (Å²) in [5.41, 5.74) is -1.19. The molecule has 86 valence electrons. The predicted molar refractivity (Wildman–Crippen MR) is 56.0 cm³/mol. The van der Waals surface area contributed by atoms with E-state index in [4.69, 9.17) is 4.84 Å². The molecule has 4 heteroatoms. The van der Waals surface area contributed by atoms with E-state index in [1.165, 1.54) is 5.06 Å². The number of carbonyl (C=O) groups excluding carboxylic acids is 2. The first kappa shape index (κ1) is 12.2. The van der Waals surface area contributed by atoms with Crippen molar-refractivity contribution < 1.29 is 14.4 Å². The van der Waals surface area contributed by atoms with Gasteiger partial charge in [0.15, 0.2) is 0 Å². The van der Waals surface area contributed by atoms with Crippen LogP contribution in [-0.4, -0.2) is 28.9 Å². The second kappa shape index (κ2) is 4.31. The smallest absolute Gasteiger partial charge is 0.234 e. The van der Waals surface area contributed by atoms with Gasteiger partial charge in [0.25, 0.3) is 0 Å². The van der Waals surface area contributed by atoms with E-state index in [-0.39, 0.29) is 0 Å². The largest absolute Gasteiger partial charge is 0.301 e. The van der Waals surface area contributed by atoms with Crippen LogP contribution < -0.4 is 0 Å². The Bertz CT molecular complexity index is 239. The molecule has 0 bridgehead atoms. The average molecular weight is 213 g/mol. The second-order valence-electron chi connectivity index (χ2n) is 5.06. The number of rotatable bonds is 4. The quantitative estimate of drug-likeness (QED) is 0.527. The van der Waals surface area contributed by atoms with Gasteiger partial charge >= 0.3 is 0 Å². The minimum atomic E-state index is -0.727. The average Bonchev–Trinajstić information content (AvgIpc) is 2.62. The number of amides is 1. The molecule has 0 aromatic heterocycles. The standard InChI is InChI=1S/C11H19NO3/c1-10(2,3)15-12(9-14)11(8-13)6-4-5-7-11/h8-9H,4-7H2,1-3H3. The maximum absolute atomic E-state index is 11.1. The molecule has 0 aromatic rings. The Kier molecular flexibility index (Phi) is 3.50. The molecule has 1 fully saturated rings. The lowest BCUT2D eigenvalue weighted by Crippen LogP contribution is -2.50. The summed E-state index contributed by atoms with van der Waals surface area (Å²) in [4.78, 5) is 27.6. The lowest BCUT2D eigenvalue weighted by molar-refractivity contribution is -0.248. The topological polar surface area (TPSA) is 46.6 Å². The molecule has 1 aliphatic carbocycles. The molecule has 0 heterocycles. The van der Waals surface area contributed by atoms with Crippen LogP contribution in [0.2, 0.25) is 0 Å². The molecule has 0 aromatic carbocycles. The van der Waals surface area contributed by atoms with E-state index in [0.717, 1.165) is 19.1 Å². The van der Waals surface area contributed by atoms with Crippen LogP contribution in [-0.2, 0) is 14.4 Å². The van der Waals surface area contributed by atoms with Crippen molar-refractivity contribution in [3.8, 4) is 0 Å². The van der Waals surface area contributed by atoms with Gasteiger partial charge in [-0.05, 0) is 33.6 Å². The summed E-state index contributed by atoms with van der Waals surface area (Å²) >= 11 is 0. The van der Waals surface area contributed by atoms with Crippen LogP contribution in [0, 0.1) is 0 Å². The maximum atomic E-state index is 11.1. The summed E-state index contributed by atoms with van der Waals surface area (Å²) in [5.74, 6) is 0. The molecule has 0 N–H and O–H groups in total. The van der Waals surface area contributed by atoms with Crippen LogP contribution in [0.25, 0.3) is 0 Å². The summed E-state index contributed by atoms with van der Waals surface area (Å²) < 4.78 is 0. The first-order valence-corrected chi connectivity index (χ1v) is 5.34. The molecule has 1 amide bonds. The highest BCUT2D eigenvalue weighted by Gasteiger charge is 2.41. The van der Waals surface area contributed by atoms with E-state index < -0.39 is 11.1 Å². The molecule has 0 radical (unpaired) electrons. The van der Waals surface area contributed by atoms with Crippen LogP contribution >= 0.6 is 0 Å². The van der Waals surface area contributed by atoms with E-state index in [9.17, 15) is 9.59 Å². The first-order valence-electron chi connectivity index (χ1n) is 5.34. The Morgan fingerprint density at radius 3 is 2.07 bits per heavy atom. The van der Waals surface area contributed by atoms with Crippen molar-refractivity contribution in [3.63, 3.8) is 0 Å². The zero-order valence-electron chi connectivity index (χ0n) is 9.66. The third-order valence-electron chi connectivity index (χ3n) is 2.60. The van der Waals surface area contributed by atoms with E-state index >= 15 is 0 Å². The lowest BCUT2D eigenvalue weighted by atomic mass is 10.00. The van der Waals surface area contributed by atoms with Gasteiger partial charge in [-0.2, -0.15) is 0 Å². The van der Waals surface area contributed by atoms with Crippen molar-refractivity contribution in [1.29, 1.82) is 0 Å². The Hall–Kier alpha value is -0.900. The maximum Gasteiger partial charge on any atom is 0.234 e. The highest BCUT2D eigenvalue weighted by Crippen LogP contribution is 2.34. The summed E-state index contributed by atoms with van der Waals surface area (Å²) in [7, 11) is 0. The number of nitrogens with zero attached hydrogens (tertiary/aromatic N) is 1. The summed E-state index contributed by atoms with van der Waals surface area (Å²) in [6.07, 6.45) is 4.80. The van der Waals surface area contributed by atoms with Gasteiger partial charge in [-0.15, -0.1) is 0 Å². The Morgan fingerprint density at radius 2 is 1.73 bits per heavy atom. The van der Waals surface area contributed by atoms with Gasteiger partial charge in [0, 0.05) is 0 Å². The fourth-order valence-corrected chi connectivity index (χ4v) is 1.89. The summed E-state index contributed by atoms with van der Waals surface area (Å²) in [5, 5.41) is 1.20. The predicted octanol–water partition coefficient (Wildman–Crippen LogP) is 1.69. The van der Waals surface area contributed by atoms with Crippen molar-refractivity contribution in [1.82, 2.24) is 5.06 Å². The Balaban J connectivity index is 2.79. The molecule has 0 atom stereocenters. The third kappa shape index (κ3) is 2.78. The highest BCUT2D eigenvalue weighted by atomic mass is 16.7. The van der Waals surface area contributed by atoms with Crippen molar-refractivity contribution >= 4 is 12.7 Å². The van der Waals surface area contributed by atoms with Crippen molar-refractivity contribution in [3.05, 3.63) is 0 Å². The lowest BCUT2D eigenvalue weighted by Gasteiger charge is -2.37. The number of hydrogen-bond donors (Lipinski definition) is 0. The molecule has 0 aliphatic heterocycles. The minimum Gasteiger partial charge on any atom is -0.301 e. The molecule has 1 aliphatic rings. The van der Waals surface area contributed by atoms with E-state index in [2.05, 4.69) is 0 Å². The van der Waals surface area contributed by atoms with Crippen molar-refractivity contribution in [2.24, 2.45) is 0 Å². The molecule has 1 rings (SSSR count). The number of hydrogen-bond acceptors (Lipinski definition) is 3. The third-order valence-corrected chi connectivity index (χ3v) is 2.60. The molecule has 0 saturated heterocycles. The van der Waals surface area contributed by atoms with Gasteiger partial charge in [-0.3, -0.25) is 9.63 Å². The molecule has 0 spiro atoms. The molecule has 4 nitrogen and oxygen atoms in total. The second-order valence-corrected chi connectivity index (χ2v) is 5.06. The normalized spacial score (nSPS) is 19.9. The first-order chi connectivity index (χ1) is 6.93. The van der Waals surface area contributed by atoms with Crippen LogP contribution in [0.1, 0.15) is 46.5 Å². The van der Waals surface area contributed by atoms with Gasteiger partial charge in [0.1, 0.15) is 11.8 Å². The minimum absolute atomic E-state index is 0.459. The van der Waals surface area contributed by atoms with E-state index in [1.54, 1.807) is 0 Å².